The summed E-state index contributed by atoms with van der Waals surface area (Å²) in [5.41, 5.74) is 7.51. The van der Waals surface area contributed by atoms with Gasteiger partial charge in [-0.05, 0) is 17.7 Å². The van der Waals surface area contributed by atoms with Crippen LogP contribution in [0.1, 0.15) is 11.3 Å². The molecule has 1 heterocycles. The molecule has 1 aromatic heterocycles. The molecule has 5 heteroatoms. The summed E-state index contributed by atoms with van der Waals surface area (Å²) < 4.78 is 1.08. The second kappa shape index (κ2) is 5.93. The molecule has 0 radical (unpaired) electrons. The third-order valence-corrected chi connectivity index (χ3v) is 3.09. The van der Waals surface area contributed by atoms with Crippen molar-refractivity contribution in [3.63, 3.8) is 0 Å². The fourth-order valence-corrected chi connectivity index (χ4v) is 2.09. The van der Waals surface area contributed by atoms with Crippen LogP contribution >= 0.6 is 15.9 Å². The predicted octanol–water partition coefficient (Wildman–Crippen LogP) is 2.33. The number of nitrogens with zero attached hydrogens (tertiary/aromatic N) is 3. The maximum Gasteiger partial charge on any atom is 0.147 e. The van der Waals surface area contributed by atoms with Gasteiger partial charge < -0.3 is 10.6 Å². The lowest BCUT2D eigenvalue weighted by Crippen LogP contribution is -2.18. The van der Waals surface area contributed by atoms with Gasteiger partial charge in [0.05, 0.1) is 18.1 Å². The van der Waals surface area contributed by atoms with Crippen LogP contribution in [-0.4, -0.2) is 17.0 Å². The second-order valence-corrected chi connectivity index (χ2v) is 4.97. The Labute approximate surface area is 115 Å². The molecule has 0 amide bonds. The zero-order valence-corrected chi connectivity index (χ0v) is 11.8. The number of aromatic nitrogens is 2. The van der Waals surface area contributed by atoms with Gasteiger partial charge in [-0.1, -0.05) is 28.1 Å². The van der Waals surface area contributed by atoms with E-state index in [-0.39, 0.29) is 0 Å². The van der Waals surface area contributed by atoms with Crippen molar-refractivity contribution in [2.45, 2.75) is 13.1 Å². The maximum absolute atomic E-state index is 5.49. The van der Waals surface area contributed by atoms with E-state index in [0.29, 0.717) is 6.54 Å². The third-order valence-electron chi connectivity index (χ3n) is 2.60. The summed E-state index contributed by atoms with van der Waals surface area (Å²) in [5, 5.41) is 0. The first-order valence-electron chi connectivity index (χ1n) is 5.65. The van der Waals surface area contributed by atoms with E-state index in [1.54, 1.807) is 12.4 Å². The standard InChI is InChI=1S/C13H15BrN4/c1-18(9-10-3-2-4-11(14)5-10)13-8-16-12(6-15)7-17-13/h2-5,7-8H,6,9,15H2,1H3. The van der Waals surface area contributed by atoms with Crippen LogP contribution in [0.5, 0.6) is 0 Å². The van der Waals surface area contributed by atoms with Gasteiger partial charge in [0.2, 0.25) is 0 Å². The Morgan fingerprint density at radius 3 is 2.72 bits per heavy atom. The summed E-state index contributed by atoms with van der Waals surface area (Å²) in [6.45, 7) is 1.21. The molecule has 0 saturated heterocycles. The normalized spacial score (nSPS) is 10.4. The molecule has 94 valence electrons. The summed E-state index contributed by atoms with van der Waals surface area (Å²) in [7, 11) is 1.99. The van der Waals surface area contributed by atoms with E-state index in [2.05, 4.69) is 42.9 Å². The summed E-state index contributed by atoms with van der Waals surface area (Å²) in [6.07, 6.45) is 3.47. The molecule has 0 spiro atoms. The predicted molar refractivity (Wildman–Crippen MR) is 76.2 cm³/mol. The lowest BCUT2D eigenvalue weighted by molar-refractivity contribution is 0.873. The van der Waals surface area contributed by atoms with Gasteiger partial charge in [-0.15, -0.1) is 0 Å². The molecule has 0 bridgehead atoms. The van der Waals surface area contributed by atoms with Gasteiger partial charge in [-0.3, -0.25) is 4.98 Å². The molecule has 0 saturated carbocycles. The molecule has 0 aliphatic carbocycles. The van der Waals surface area contributed by atoms with Crippen LogP contribution < -0.4 is 10.6 Å². The molecule has 1 aromatic carbocycles. The fraction of sp³-hybridized carbons (Fsp3) is 0.231. The highest BCUT2D eigenvalue weighted by molar-refractivity contribution is 9.10. The van der Waals surface area contributed by atoms with Gasteiger partial charge >= 0.3 is 0 Å². The average Bonchev–Trinajstić information content (AvgIpc) is 2.39. The molecule has 18 heavy (non-hydrogen) atoms. The van der Waals surface area contributed by atoms with Crippen LogP contribution in [0.3, 0.4) is 0 Å². The van der Waals surface area contributed by atoms with Crippen LogP contribution in [0.15, 0.2) is 41.1 Å². The Morgan fingerprint density at radius 1 is 1.28 bits per heavy atom. The summed E-state index contributed by atoms with van der Waals surface area (Å²) in [4.78, 5) is 10.6. The first-order valence-corrected chi connectivity index (χ1v) is 6.45. The van der Waals surface area contributed by atoms with E-state index in [9.17, 15) is 0 Å². The van der Waals surface area contributed by atoms with Crippen molar-refractivity contribution < 1.29 is 0 Å². The number of hydrogen-bond acceptors (Lipinski definition) is 4. The minimum atomic E-state index is 0.419. The number of halogens is 1. The fourth-order valence-electron chi connectivity index (χ4n) is 1.64. The molecule has 2 N–H and O–H groups in total. The Kier molecular flexibility index (Phi) is 4.28. The largest absolute Gasteiger partial charge is 0.354 e. The molecule has 4 nitrogen and oxygen atoms in total. The van der Waals surface area contributed by atoms with E-state index < -0.39 is 0 Å². The van der Waals surface area contributed by atoms with E-state index in [1.807, 2.05) is 19.2 Å². The zero-order valence-electron chi connectivity index (χ0n) is 10.2. The van der Waals surface area contributed by atoms with Crippen LogP contribution in [-0.2, 0) is 13.1 Å². The zero-order chi connectivity index (χ0) is 13.0. The molecule has 2 aromatic rings. The quantitative estimate of drug-likeness (QED) is 0.942. The van der Waals surface area contributed by atoms with Crippen LogP contribution in [0.4, 0.5) is 5.82 Å². The van der Waals surface area contributed by atoms with Crippen molar-refractivity contribution in [3.05, 3.63) is 52.4 Å². The van der Waals surface area contributed by atoms with Crippen molar-refractivity contribution >= 4 is 21.7 Å². The minimum Gasteiger partial charge on any atom is -0.354 e. The van der Waals surface area contributed by atoms with Gasteiger partial charge in [0.25, 0.3) is 0 Å². The Morgan fingerprint density at radius 2 is 2.11 bits per heavy atom. The molecular weight excluding hydrogens is 292 g/mol. The van der Waals surface area contributed by atoms with Crippen molar-refractivity contribution in [2.75, 3.05) is 11.9 Å². The van der Waals surface area contributed by atoms with Crippen molar-refractivity contribution in [3.8, 4) is 0 Å². The molecule has 2 rings (SSSR count). The minimum absolute atomic E-state index is 0.419. The Balaban J connectivity index is 2.09. The highest BCUT2D eigenvalue weighted by Crippen LogP contribution is 2.15. The number of benzene rings is 1. The van der Waals surface area contributed by atoms with Crippen LogP contribution in [0, 0.1) is 0 Å². The van der Waals surface area contributed by atoms with Crippen molar-refractivity contribution in [2.24, 2.45) is 5.73 Å². The van der Waals surface area contributed by atoms with Crippen molar-refractivity contribution in [1.29, 1.82) is 0 Å². The highest BCUT2D eigenvalue weighted by Gasteiger charge is 2.04. The molecular formula is C13H15BrN4. The van der Waals surface area contributed by atoms with Gasteiger partial charge in [0.1, 0.15) is 5.82 Å². The lowest BCUT2D eigenvalue weighted by atomic mass is 10.2. The highest BCUT2D eigenvalue weighted by atomic mass is 79.9. The maximum atomic E-state index is 5.49. The summed E-state index contributed by atoms with van der Waals surface area (Å²) in [5.74, 6) is 0.840. The van der Waals surface area contributed by atoms with Crippen molar-refractivity contribution in [1.82, 2.24) is 9.97 Å². The third kappa shape index (κ3) is 3.27. The number of rotatable bonds is 4. The number of anilines is 1. The van der Waals surface area contributed by atoms with E-state index in [1.165, 1.54) is 5.56 Å². The van der Waals surface area contributed by atoms with Gasteiger partial charge in [0.15, 0.2) is 0 Å². The number of nitrogens with two attached hydrogens (primary N) is 1. The molecule has 0 atom stereocenters. The monoisotopic (exact) mass is 306 g/mol. The summed E-state index contributed by atoms with van der Waals surface area (Å²) in [6, 6.07) is 8.22. The summed E-state index contributed by atoms with van der Waals surface area (Å²) >= 11 is 3.47. The molecule has 0 unspecified atom stereocenters. The topological polar surface area (TPSA) is 55.0 Å². The van der Waals surface area contributed by atoms with E-state index >= 15 is 0 Å². The smallest absolute Gasteiger partial charge is 0.147 e. The van der Waals surface area contributed by atoms with E-state index in [0.717, 1.165) is 22.5 Å². The second-order valence-electron chi connectivity index (χ2n) is 4.06. The van der Waals surface area contributed by atoms with Crippen LogP contribution in [0.25, 0.3) is 0 Å². The SMILES string of the molecule is CN(Cc1cccc(Br)c1)c1cnc(CN)cn1. The molecule has 0 aliphatic heterocycles. The van der Waals surface area contributed by atoms with Gasteiger partial charge in [0, 0.05) is 24.6 Å². The Hall–Kier alpha value is -1.46. The van der Waals surface area contributed by atoms with Gasteiger partial charge in [-0.2, -0.15) is 0 Å². The van der Waals surface area contributed by atoms with Crippen LogP contribution in [0.2, 0.25) is 0 Å². The average molecular weight is 307 g/mol. The number of hydrogen-bond donors (Lipinski definition) is 1. The first-order chi connectivity index (χ1) is 8.69. The van der Waals surface area contributed by atoms with E-state index in [4.69, 9.17) is 5.73 Å². The lowest BCUT2D eigenvalue weighted by Gasteiger charge is -2.18. The Bertz CT molecular complexity index is 513. The van der Waals surface area contributed by atoms with Gasteiger partial charge in [-0.25, -0.2) is 4.98 Å². The molecule has 0 fully saturated rings. The molecule has 0 aliphatic rings. The first kappa shape index (κ1) is 13.0.